The van der Waals surface area contributed by atoms with Gasteiger partial charge in [0.2, 0.25) is 0 Å². The predicted octanol–water partition coefficient (Wildman–Crippen LogP) is 5.06. The number of carboxylic acid groups (broad SMARTS) is 1. The zero-order valence-electron chi connectivity index (χ0n) is 16.2. The van der Waals surface area contributed by atoms with Crippen molar-refractivity contribution >= 4 is 23.3 Å². The summed E-state index contributed by atoms with van der Waals surface area (Å²) >= 11 is 6.53. The van der Waals surface area contributed by atoms with Gasteiger partial charge in [-0.1, -0.05) is 38.8 Å². The molecule has 6 nitrogen and oxygen atoms in total. The number of piperidine rings is 1. The Hall–Kier alpha value is -1.82. The highest BCUT2D eigenvalue weighted by atomic mass is 35.5. The van der Waals surface area contributed by atoms with E-state index in [2.05, 4.69) is 20.8 Å². The summed E-state index contributed by atoms with van der Waals surface area (Å²) in [5.74, 6) is 0.479. The van der Waals surface area contributed by atoms with Crippen LogP contribution in [0.5, 0.6) is 0 Å². The SMILES string of the molecule is CC(C)(C)[C@]1(c2cc3nc(C4CCC4)cc(Cl)n3n2)CCCCN1C(=O)O. The zero-order chi connectivity index (χ0) is 19.4. The Labute approximate surface area is 164 Å². The molecule has 2 aromatic rings. The van der Waals surface area contributed by atoms with Crippen LogP contribution < -0.4 is 0 Å². The molecule has 1 atom stereocenters. The summed E-state index contributed by atoms with van der Waals surface area (Å²) in [5.41, 5.74) is 1.47. The summed E-state index contributed by atoms with van der Waals surface area (Å²) in [4.78, 5) is 18.5. The lowest BCUT2D eigenvalue weighted by Crippen LogP contribution is -2.59. The third-order valence-corrected chi connectivity index (χ3v) is 6.72. The van der Waals surface area contributed by atoms with Crippen LogP contribution in [0.1, 0.15) is 76.6 Å². The van der Waals surface area contributed by atoms with Gasteiger partial charge in [-0.15, -0.1) is 0 Å². The molecule has 7 heteroatoms. The van der Waals surface area contributed by atoms with Crippen LogP contribution in [0.2, 0.25) is 5.15 Å². The van der Waals surface area contributed by atoms with E-state index in [4.69, 9.17) is 21.7 Å². The first kappa shape index (κ1) is 18.5. The van der Waals surface area contributed by atoms with Crippen molar-refractivity contribution in [2.24, 2.45) is 5.41 Å². The van der Waals surface area contributed by atoms with Crippen LogP contribution in [-0.2, 0) is 5.54 Å². The van der Waals surface area contributed by atoms with Crippen molar-refractivity contribution in [3.63, 3.8) is 0 Å². The van der Waals surface area contributed by atoms with Gasteiger partial charge in [0, 0.05) is 24.2 Å². The average Bonchev–Trinajstić information content (AvgIpc) is 2.97. The van der Waals surface area contributed by atoms with Gasteiger partial charge in [-0.3, -0.25) is 4.90 Å². The molecule has 4 rings (SSSR count). The minimum atomic E-state index is -0.893. The Bertz CT molecular complexity index is 884. The molecule has 0 unspecified atom stereocenters. The second kappa shape index (κ2) is 6.36. The number of nitrogens with zero attached hydrogens (tertiary/aromatic N) is 4. The summed E-state index contributed by atoms with van der Waals surface area (Å²) < 4.78 is 1.65. The maximum Gasteiger partial charge on any atom is 0.408 e. The molecule has 1 saturated carbocycles. The van der Waals surface area contributed by atoms with Crippen LogP contribution in [0.3, 0.4) is 0 Å². The van der Waals surface area contributed by atoms with Crippen LogP contribution in [0, 0.1) is 5.41 Å². The molecule has 3 heterocycles. The third-order valence-electron chi connectivity index (χ3n) is 6.45. The predicted molar refractivity (Wildman–Crippen MR) is 104 cm³/mol. The van der Waals surface area contributed by atoms with Gasteiger partial charge < -0.3 is 5.11 Å². The second-order valence-electron chi connectivity index (χ2n) is 8.93. The Morgan fingerprint density at radius 1 is 1.26 bits per heavy atom. The molecule has 2 fully saturated rings. The van der Waals surface area contributed by atoms with Crippen molar-refractivity contribution in [2.45, 2.75) is 70.8 Å². The molecule has 1 aliphatic carbocycles. The summed E-state index contributed by atoms with van der Waals surface area (Å²) in [6, 6.07) is 3.86. The van der Waals surface area contributed by atoms with Crippen LogP contribution in [-0.4, -0.2) is 37.2 Å². The minimum absolute atomic E-state index is 0.312. The van der Waals surface area contributed by atoms with Crippen LogP contribution in [0.4, 0.5) is 4.79 Å². The molecule has 1 saturated heterocycles. The highest BCUT2D eigenvalue weighted by molar-refractivity contribution is 6.29. The summed E-state index contributed by atoms with van der Waals surface area (Å²) in [5, 5.41) is 15.2. The first-order valence-electron chi connectivity index (χ1n) is 9.81. The Balaban J connectivity index is 1.88. The molecule has 1 amide bonds. The van der Waals surface area contributed by atoms with Gasteiger partial charge in [0.15, 0.2) is 5.65 Å². The molecule has 0 spiro atoms. The number of aromatic nitrogens is 3. The first-order valence-corrected chi connectivity index (χ1v) is 10.2. The summed E-state index contributed by atoms with van der Waals surface area (Å²) in [6.07, 6.45) is 5.25. The number of hydrogen-bond acceptors (Lipinski definition) is 3. The minimum Gasteiger partial charge on any atom is -0.465 e. The number of carbonyl (C=O) groups is 1. The fourth-order valence-corrected chi connectivity index (χ4v) is 4.97. The number of likely N-dealkylation sites (tertiary alicyclic amines) is 1. The van der Waals surface area contributed by atoms with E-state index in [1.54, 1.807) is 9.42 Å². The van der Waals surface area contributed by atoms with Crippen molar-refractivity contribution < 1.29 is 9.90 Å². The smallest absolute Gasteiger partial charge is 0.408 e. The number of rotatable bonds is 2. The topological polar surface area (TPSA) is 70.7 Å². The van der Waals surface area contributed by atoms with Gasteiger partial charge >= 0.3 is 6.09 Å². The lowest BCUT2D eigenvalue weighted by atomic mass is 9.66. The maximum atomic E-state index is 12.1. The van der Waals surface area contributed by atoms with Gasteiger partial charge in [-0.25, -0.2) is 14.3 Å². The highest BCUT2D eigenvalue weighted by Gasteiger charge is 2.53. The van der Waals surface area contributed by atoms with Crippen molar-refractivity contribution in [1.82, 2.24) is 19.5 Å². The Kier molecular flexibility index (Phi) is 4.37. The number of amides is 1. The van der Waals surface area contributed by atoms with Crippen LogP contribution in [0.15, 0.2) is 12.1 Å². The van der Waals surface area contributed by atoms with Crippen molar-refractivity contribution in [3.8, 4) is 0 Å². The standard InChI is InChI=1S/C20H27ClN4O2/c1-19(2,3)20(9-4-5-10-24(20)18(26)27)15-12-17-22-14(13-7-6-8-13)11-16(21)25(17)23-15/h11-13H,4-10H2,1-3H3,(H,26,27)/t20-/m1/s1. The zero-order valence-corrected chi connectivity index (χ0v) is 17.0. The second-order valence-corrected chi connectivity index (χ2v) is 9.32. The maximum absolute atomic E-state index is 12.1. The summed E-state index contributed by atoms with van der Waals surface area (Å²) in [7, 11) is 0. The molecule has 2 aromatic heterocycles. The Morgan fingerprint density at radius 2 is 2.00 bits per heavy atom. The van der Waals surface area contributed by atoms with E-state index >= 15 is 0 Å². The van der Waals surface area contributed by atoms with Gasteiger partial charge in [0.05, 0.1) is 11.2 Å². The monoisotopic (exact) mass is 390 g/mol. The van der Waals surface area contributed by atoms with Gasteiger partial charge in [-0.05, 0) is 43.6 Å². The van der Waals surface area contributed by atoms with E-state index in [1.165, 1.54) is 6.42 Å². The first-order chi connectivity index (χ1) is 12.7. The van der Waals surface area contributed by atoms with E-state index < -0.39 is 11.6 Å². The molecular weight excluding hydrogens is 364 g/mol. The average molecular weight is 391 g/mol. The number of fused-ring (bicyclic) bond motifs is 1. The van der Waals surface area contributed by atoms with Crippen LogP contribution in [0.25, 0.3) is 5.65 Å². The van der Waals surface area contributed by atoms with Gasteiger partial charge in [0.25, 0.3) is 0 Å². The molecule has 0 radical (unpaired) electrons. The number of halogens is 1. The normalized spacial score (nSPS) is 24.2. The largest absolute Gasteiger partial charge is 0.465 e. The van der Waals surface area contributed by atoms with E-state index in [0.29, 0.717) is 23.3 Å². The lowest BCUT2D eigenvalue weighted by Gasteiger charge is -2.52. The van der Waals surface area contributed by atoms with Crippen LogP contribution >= 0.6 is 11.6 Å². The van der Waals surface area contributed by atoms with E-state index in [9.17, 15) is 9.90 Å². The molecular formula is C20H27ClN4O2. The van der Waals surface area contributed by atoms with E-state index in [0.717, 1.165) is 43.5 Å². The van der Waals surface area contributed by atoms with E-state index in [-0.39, 0.29) is 5.41 Å². The molecule has 1 aliphatic heterocycles. The summed E-state index contributed by atoms with van der Waals surface area (Å²) in [6.45, 7) is 6.79. The molecule has 2 aliphatic rings. The van der Waals surface area contributed by atoms with Gasteiger partial charge in [0.1, 0.15) is 5.15 Å². The molecule has 27 heavy (non-hydrogen) atoms. The molecule has 0 aromatic carbocycles. The highest BCUT2D eigenvalue weighted by Crippen LogP contribution is 2.50. The van der Waals surface area contributed by atoms with Crippen molar-refractivity contribution in [1.29, 1.82) is 0 Å². The van der Waals surface area contributed by atoms with Crippen molar-refractivity contribution in [3.05, 3.63) is 28.7 Å². The molecule has 146 valence electrons. The van der Waals surface area contributed by atoms with Gasteiger partial charge in [-0.2, -0.15) is 5.10 Å². The molecule has 1 N–H and O–H groups in total. The number of hydrogen-bond donors (Lipinski definition) is 1. The van der Waals surface area contributed by atoms with Crippen molar-refractivity contribution in [2.75, 3.05) is 6.54 Å². The molecule has 0 bridgehead atoms. The lowest BCUT2D eigenvalue weighted by molar-refractivity contribution is -0.0324. The Morgan fingerprint density at radius 3 is 2.59 bits per heavy atom. The fourth-order valence-electron chi connectivity index (χ4n) is 4.74. The quantitative estimate of drug-likeness (QED) is 0.728. The third kappa shape index (κ3) is 2.80. The fraction of sp³-hybridized carbons (Fsp3) is 0.650. The van der Waals surface area contributed by atoms with E-state index in [1.807, 2.05) is 12.1 Å².